The van der Waals surface area contributed by atoms with Crippen molar-refractivity contribution < 1.29 is 18.8 Å². The Balaban J connectivity index is 2.57. The van der Waals surface area contributed by atoms with E-state index in [0.29, 0.717) is 29.9 Å². The molecule has 1 fully saturated rings. The minimum absolute atomic E-state index is 0.0206. The van der Waals surface area contributed by atoms with Crippen molar-refractivity contribution in [2.75, 3.05) is 14.2 Å². The lowest BCUT2D eigenvalue weighted by Gasteiger charge is -2.36. The van der Waals surface area contributed by atoms with Crippen LogP contribution in [0, 0.1) is 0 Å². The summed E-state index contributed by atoms with van der Waals surface area (Å²) in [6, 6.07) is 5.31. The number of benzene rings is 1. The molecule has 0 saturated heterocycles. The number of rotatable bonds is 6. The van der Waals surface area contributed by atoms with Gasteiger partial charge in [0.05, 0.1) is 22.0 Å². The third-order valence-electron chi connectivity index (χ3n) is 4.65. The second-order valence-corrected chi connectivity index (χ2v) is 8.92. The van der Waals surface area contributed by atoms with Gasteiger partial charge in [0.25, 0.3) is 0 Å². The molecule has 0 amide bonds. The molecule has 2 rings (SSSR count). The van der Waals surface area contributed by atoms with Crippen LogP contribution >= 0.6 is 7.80 Å². The maximum atomic E-state index is 13.5. The molecule has 0 spiro atoms. The number of carbonyl (C=O) groups excluding carboxylic acids is 1. The van der Waals surface area contributed by atoms with Crippen LogP contribution in [-0.4, -0.2) is 30.8 Å². The van der Waals surface area contributed by atoms with Crippen LogP contribution in [0.3, 0.4) is 0 Å². The summed E-state index contributed by atoms with van der Waals surface area (Å²) in [4.78, 5) is 13.5. The Hall–Kier alpha value is -1.41. The monoisotopic (exact) mass is 337 g/mol. The minimum Gasteiger partial charge on any atom is -0.496 e. The molecule has 0 aromatic heterocycles. The molecule has 0 bridgehead atoms. The molecular weight excluding hydrogens is 311 g/mol. The Morgan fingerprint density at radius 1 is 1.09 bits per heavy atom. The van der Waals surface area contributed by atoms with Gasteiger partial charge < -0.3 is 9.47 Å². The fraction of sp³-hybridized carbons (Fsp3) is 0.611. The van der Waals surface area contributed by atoms with Crippen LogP contribution in [-0.2, 0) is 4.57 Å². The van der Waals surface area contributed by atoms with E-state index in [1.54, 1.807) is 32.4 Å². The van der Waals surface area contributed by atoms with Gasteiger partial charge in [-0.25, -0.2) is 0 Å². The molecule has 1 saturated carbocycles. The molecule has 127 valence electrons. The third kappa shape index (κ3) is 3.28. The Bertz CT molecular complexity index is 566. The molecule has 5 heteroatoms. The second kappa shape index (κ2) is 7.44. The molecule has 0 heterocycles. The first-order valence-electron chi connectivity index (χ1n) is 8.20. The highest BCUT2D eigenvalue weighted by Crippen LogP contribution is 2.54. The van der Waals surface area contributed by atoms with Gasteiger partial charge >= 0.3 is 0 Å². The van der Waals surface area contributed by atoms with E-state index in [0.717, 1.165) is 19.3 Å². The smallest absolute Gasteiger partial charge is 0.187 e. The lowest BCUT2D eigenvalue weighted by molar-refractivity contribution is 0.0905. The van der Waals surface area contributed by atoms with E-state index in [1.807, 2.05) is 13.8 Å². The fourth-order valence-corrected chi connectivity index (χ4v) is 5.54. The zero-order valence-corrected chi connectivity index (χ0v) is 15.3. The van der Waals surface area contributed by atoms with E-state index in [1.165, 1.54) is 0 Å². The third-order valence-corrected chi connectivity index (χ3v) is 7.08. The van der Waals surface area contributed by atoms with Crippen LogP contribution in [0.5, 0.6) is 11.5 Å². The zero-order valence-electron chi connectivity index (χ0n) is 14.4. The number of hydrogen-bond donors (Lipinski definition) is 0. The molecule has 1 atom stereocenters. The predicted octanol–water partition coefficient (Wildman–Crippen LogP) is 4.83. The summed E-state index contributed by atoms with van der Waals surface area (Å²) in [7, 11) is 1.44. The van der Waals surface area contributed by atoms with Gasteiger partial charge in [0.2, 0.25) is 0 Å². The SMILES string of the molecule is COc1cccc(OC)c1C(=O)C1([P](=O)C(C)C)CCCCC1. The Labute approximate surface area is 139 Å². The van der Waals surface area contributed by atoms with Crippen LogP contribution in [0.1, 0.15) is 56.3 Å². The molecule has 1 aromatic rings. The van der Waals surface area contributed by atoms with Crippen molar-refractivity contribution in [2.24, 2.45) is 0 Å². The number of ether oxygens (including phenoxy) is 2. The first kappa shape index (κ1) is 17.9. The predicted molar refractivity (Wildman–Crippen MR) is 92.4 cm³/mol. The highest BCUT2D eigenvalue weighted by Gasteiger charge is 2.48. The summed E-state index contributed by atoms with van der Waals surface area (Å²) < 4.78 is 23.9. The standard InChI is InChI=1S/C18H26O4P/c1-13(2)23(20)18(11-6-5-7-12-18)17(19)16-14(21-3)9-8-10-15(16)22-4/h8-10,13H,5-7,11-12H2,1-4H3. The van der Waals surface area contributed by atoms with Crippen LogP contribution in [0.2, 0.25) is 0 Å². The van der Waals surface area contributed by atoms with Crippen LogP contribution in [0.25, 0.3) is 0 Å². The zero-order chi connectivity index (χ0) is 17.0. The summed E-state index contributed by atoms with van der Waals surface area (Å²) in [6.07, 6.45) is 4.34. The van der Waals surface area contributed by atoms with Gasteiger partial charge in [-0.05, 0) is 25.0 Å². The highest BCUT2D eigenvalue weighted by molar-refractivity contribution is 7.48. The van der Waals surface area contributed by atoms with Crippen molar-refractivity contribution >= 4 is 13.6 Å². The quantitative estimate of drug-likeness (QED) is 0.551. The van der Waals surface area contributed by atoms with Gasteiger partial charge in [-0.3, -0.25) is 9.36 Å². The van der Waals surface area contributed by atoms with Crippen molar-refractivity contribution in [1.82, 2.24) is 0 Å². The van der Waals surface area contributed by atoms with Gasteiger partial charge in [0.15, 0.2) is 5.78 Å². The van der Waals surface area contributed by atoms with E-state index in [-0.39, 0.29) is 11.4 Å². The van der Waals surface area contributed by atoms with Crippen LogP contribution < -0.4 is 9.47 Å². The molecule has 0 N–H and O–H groups in total. The number of hydrogen-bond acceptors (Lipinski definition) is 4. The number of methoxy groups -OCH3 is 2. The van der Waals surface area contributed by atoms with Crippen molar-refractivity contribution in [3.05, 3.63) is 23.8 Å². The van der Waals surface area contributed by atoms with Crippen molar-refractivity contribution in [1.29, 1.82) is 0 Å². The molecule has 1 aliphatic rings. The maximum absolute atomic E-state index is 13.5. The van der Waals surface area contributed by atoms with E-state index >= 15 is 0 Å². The lowest BCUT2D eigenvalue weighted by atomic mass is 9.82. The number of carbonyl (C=O) groups is 1. The minimum atomic E-state index is -1.65. The van der Waals surface area contributed by atoms with Crippen molar-refractivity contribution in [3.8, 4) is 11.5 Å². The first-order valence-corrected chi connectivity index (χ1v) is 9.53. The van der Waals surface area contributed by atoms with Crippen LogP contribution in [0.15, 0.2) is 18.2 Å². The molecule has 1 unspecified atom stereocenters. The van der Waals surface area contributed by atoms with E-state index in [2.05, 4.69) is 0 Å². The van der Waals surface area contributed by atoms with Crippen molar-refractivity contribution in [2.45, 2.75) is 56.8 Å². The molecule has 4 nitrogen and oxygen atoms in total. The topological polar surface area (TPSA) is 52.6 Å². The maximum Gasteiger partial charge on any atom is 0.187 e. The van der Waals surface area contributed by atoms with E-state index in [4.69, 9.17) is 9.47 Å². The fourth-order valence-electron chi connectivity index (χ4n) is 3.49. The Morgan fingerprint density at radius 2 is 1.61 bits per heavy atom. The largest absolute Gasteiger partial charge is 0.496 e. The first-order chi connectivity index (χ1) is 11.0. The van der Waals surface area contributed by atoms with E-state index < -0.39 is 13.0 Å². The Morgan fingerprint density at radius 3 is 2.04 bits per heavy atom. The average molecular weight is 337 g/mol. The molecule has 23 heavy (non-hydrogen) atoms. The summed E-state index contributed by atoms with van der Waals surface area (Å²) in [5.74, 6) is 0.902. The van der Waals surface area contributed by atoms with E-state index in [9.17, 15) is 9.36 Å². The number of ketones is 1. The summed E-state index contributed by atoms with van der Waals surface area (Å²) in [5.41, 5.74) is 0.413. The summed E-state index contributed by atoms with van der Waals surface area (Å²) in [6.45, 7) is 3.86. The van der Waals surface area contributed by atoms with Gasteiger partial charge in [-0.1, -0.05) is 39.2 Å². The molecule has 1 radical (unpaired) electrons. The summed E-state index contributed by atoms with van der Waals surface area (Å²) in [5, 5.41) is -0.788. The average Bonchev–Trinajstić information content (AvgIpc) is 2.59. The molecule has 1 aromatic carbocycles. The van der Waals surface area contributed by atoms with Gasteiger partial charge in [-0.2, -0.15) is 0 Å². The van der Waals surface area contributed by atoms with Gasteiger partial charge in [0.1, 0.15) is 22.2 Å². The normalized spacial score (nSPS) is 17.7. The molecular formula is C18H26O4P. The van der Waals surface area contributed by atoms with Gasteiger partial charge in [-0.15, -0.1) is 0 Å². The van der Waals surface area contributed by atoms with Crippen molar-refractivity contribution in [3.63, 3.8) is 0 Å². The Kier molecular flexibility index (Phi) is 5.80. The molecule has 0 aliphatic heterocycles. The van der Waals surface area contributed by atoms with Gasteiger partial charge in [0, 0.05) is 5.66 Å². The summed E-state index contributed by atoms with van der Waals surface area (Å²) >= 11 is 0. The molecule has 1 aliphatic carbocycles. The highest BCUT2D eigenvalue weighted by atomic mass is 31.1. The lowest BCUT2D eigenvalue weighted by Crippen LogP contribution is -2.39. The second-order valence-electron chi connectivity index (χ2n) is 6.38. The number of Topliss-reactive ketones (excluding diaryl/α,β-unsaturated/α-hetero) is 1. The van der Waals surface area contributed by atoms with Crippen LogP contribution in [0.4, 0.5) is 0 Å².